The SMILES string of the molecule is O=C(O)CC12CC(NC(=O)OCc3ccccc3)(C1)C2. The van der Waals surface area contributed by atoms with Crippen molar-refractivity contribution in [3.63, 3.8) is 0 Å². The lowest BCUT2D eigenvalue weighted by Crippen LogP contribution is -2.75. The lowest BCUT2D eigenvalue weighted by Gasteiger charge is -2.70. The zero-order valence-electron chi connectivity index (χ0n) is 11.1. The molecular weight excluding hydrogens is 258 g/mol. The van der Waals surface area contributed by atoms with Gasteiger partial charge in [0.2, 0.25) is 0 Å². The number of benzene rings is 1. The largest absolute Gasteiger partial charge is 0.481 e. The zero-order chi connectivity index (χ0) is 14.2. The van der Waals surface area contributed by atoms with Gasteiger partial charge >= 0.3 is 12.1 Å². The van der Waals surface area contributed by atoms with Crippen molar-refractivity contribution in [1.82, 2.24) is 5.32 Å². The van der Waals surface area contributed by atoms with Crippen LogP contribution < -0.4 is 5.32 Å². The van der Waals surface area contributed by atoms with E-state index in [1.807, 2.05) is 30.3 Å². The first kappa shape index (κ1) is 13.0. The first-order chi connectivity index (χ1) is 9.51. The van der Waals surface area contributed by atoms with Crippen LogP contribution in [0.1, 0.15) is 31.2 Å². The Labute approximate surface area is 116 Å². The molecule has 0 aliphatic heterocycles. The van der Waals surface area contributed by atoms with Crippen LogP contribution in [0.25, 0.3) is 0 Å². The molecule has 20 heavy (non-hydrogen) atoms. The van der Waals surface area contributed by atoms with E-state index in [2.05, 4.69) is 5.32 Å². The van der Waals surface area contributed by atoms with Crippen molar-refractivity contribution >= 4 is 12.1 Å². The highest BCUT2D eigenvalue weighted by Crippen LogP contribution is 2.68. The van der Waals surface area contributed by atoms with E-state index in [1.165, 1.54) is 0 Å². The van der Waals surface area contributed by atoms with Crippen molar-refractivity contribution in [2.45, 2.75) is 37.8 Å². The monoisotopic (exact) mass is 275 g/mol. The maximum atomic E-state index is 11.7. The normalized spacial score (nSPS) is 29.8. The van der Waals surface area contributed by atoms with E-state index in [1.54, 1.807) is 0 Å². The van der Waals surface area contributed by atoms with E-state index in [4.69, 9.17) is 9.84 Å². The molecule has 1 aromatic carbocycles. The third-order valence-corrected chi connectivity index (χ3v) is 4.25. The molecule has 0 aromatic heterocycles. The molecule has 3 saturated carbocycles. The molecule has 1 amide bonds. The third kappa shape index (κ3) is 2.35. The first-order valence-electron chi connectivity index (χ1n) is 6.72. The molecule has 0 unspecified atom stereocenters. The topological polar surface area (TPSA) is 75.6 Å². The number of aliphatic carboxylic acids is 1. The molecule has 0 radical (unpaired) electrons. The third-order valence-electron chi connectivity index (χ3n) is 4.25. The van der Waals surface area contributed by atoms with Gasteiger partial charge in [-0.15, -0.1) is 0 Å². The molecule has 0 saturated heterocycles. The number of ether oxygens (including phenoxy) is 1. The van der Waals surface area contributed by atoms with Gasteiger partial charge in [-0.05, 0) is 30.2 Å². The molecular formula is C15H17NO4. The molecule has 5 heteroatoms. The predicted octanol–water partition coefficient (Wildman–Crippen LogP) is 2.31. The summed E-state index contributed by atoms with van der Waals surface area (Å²) in [6, 6.07) is 9.50. The van der Waals surface area contributed by atoms with Crippen LogP contribution in [0.4, 0.5) is 4.79 Å². The van der Waals surface area contributed by atoms with Crippen LogP contribution in [0.15, 0.2) is 30.3 Å². The fourth-order valence-corrected chi connectivity index (χ4v) is 3.61. The smallest absolute Gasteiger partial charge is 0.407 e. The van der Waals surface area contributed by atoms with Gasteiger partial charge in [0.25, 0.3) is 0 Å². The summed E-state index contributed by atoms with van der Waals surface area (Å²) in [4.78, 5) is 22.4. The van der Waals surface area contributed by atoms with Crippen molar-refractivity contribution in [2.75, 3.05) is 0 Å². The van der Waals surface area contributed by atoms with E-state index in [0.717, 1.165) is 24.8 Å². The molecule has 0 spiro atoms. The van der Waals surface area contributed by atoms with Crippen molar-refractivity contribution in [1.29, 1.82) is 0 Å². The summed E-state index contributed by atoms with van der Waals surface area (Å²) < 4.78 is 5.17. The Morgan fingerprint density at radius 2 is 1.85 bits per heavy atom. The van der Waals surface area contributed by atoms with Crippen molar-refractivity contribution in [3.05, 3.63) is 35.9 Å². The Kier molecular flexibility index (Phi) is 2.92. The fourth-order valence-electron chi connectivity index (χ4n) is 3.61. The van der Waals surface area contributed by atoms with Gasteiger partial charge < -0.3 is 15.2 Å². The van der Waals surface area contributed by atoms with Gasteiger partial charge in [-0.25, -0.2) is 4.79 Å². The second-order valence-corrected chi connectivity index (χ2v) is 6.07. The van der Waals surface area contributed by atoms with Gasteiger partial charge in [-0.1, -0.05) is 30.3 Å². The average Bonchev–Trinajstić information content (AvgIpc) is 2.33. The number of hydrogen-bond acceptors (Lipinski definition) is 3. The van der Waals surface area contributed by atoms with E-state index < -0.39 is 12.1 Å². The number of carbonyl (C=O) groups excluding carboxylic acids is 1. The van der Waals surface area contributed by atoms with Gasteiger partial charge in [-0.3, -0.25) is 4.79 Å². The lowest BCUT2D eigenvalue weighted by atomic mass is 9.38. The lowest BCUT2D eigenvalue weighted by molar-refractivity contribution is -0.173. The number of rotatable bonds is 5. The van der Waals surface area contributed by atoms with Gasteiger partial charge in [0.1, 0.15) is 6.61 Å². The van der Waals surface area contributed by atoms with Crippen molar-refractivity contribution < 1.29 is 19.4 Å². The molecule has 3 fully saturated rings. The number of carboxylic acids is 1. The molecule has 0 atom stereocenters. The fraction of sp³-hybridized carbons (Fsp3) is 0.467. The Hall–Kier alpha value is -2.04. The van der Waals surface area contributed by atoms with Crippen LogP contribution >= 0.6 is 0 Å². The highest BCUT2D eigenvalue weighted by molar-refractivity contribution is 5.71. The van der Waals surface area contributed by atoms with Crippen LogP contribution in [0.5, 0.6) is 0 Å². The van der Waals surface area contributed by atoms with Crippen LogP contribution in [-0.4, -0.2) is 22.7 Å². The Bertz CT molecular complexity index is 520. The van der Waals surface area contributed by atoms with Gasteiger partial charge in [-0.2, -0.15) is 0 Å². The summed E-state index contributed by atoms with van der Waals surface area (Å²) in [5.74, 6) is -0.759. The van der Waals surface area contributed by atoms with E-state index in [-0.39, 0.29) is 24.0 Å². The Morgan fingerprint density at radius 3 is 2.45 bits per heavy atom. The zero-order valence-corrected chi connectivity index (χ0v) is 11.1. The van der Waals surface area contributed by atoms with Crippen LogP contribution in [0.2, 0.25) is 0 Å². The summed E-state index contributed by atoms with van der Waals surface area (Å²) in [7, 11) is 0. The number of alkyl carbamates (subject to hydrolysis) is 1. The minimum absolute atomic E-state index is 0.0709. The van der Waals surface area contributed by atoms with E-state index in [9.17, 15) is 9.59 Å². The molecule has 0 heterocycles. The molecule has 5 nitrogen and oxygen atoms in total. The molecule has 106 valence electrons. The summed E-state index contributed by atoms with van der Waals surface area (Å²) >= 11 is 0. The highest BCUT2D eigenvalue weighted by atomic mass is 16.5. The number of nitrogens with one attached hydrogen (secondary N) is 1. The van der Waals surface area contributed by atoms with Crippen LogP contribution in [0.3, 0.4) is 0 Å². The van der Waals surface area contributed by atoms with Crippen LogP contribution in [0, 0.1) is 5.41 Å². The predicted molar refractivity (Wildman–Crippen MR) is 71.0 cm³/mol. The van der Waals surface area contributed by atoms with Gasteiger partial charge in [0.15, 0.2) is 0 Å². The number of carbonyl (C=O) groups is 2. The second-order valence-electron chi connectivity index (χ2n) is 6.07. The van der Waals surface area contributed by atoms with Gasteiger partial charge in [0, 0.05) is 5.54 Å². The summed E-state index contributed by atoms with van der Waals surface area (Å²) in [5.41, 5.74) is 0.671. The molecule has 4 rings (SSSR count). The molecule has 2 N–H and O–H groups in total. The minimum Gasteiger partial charge on any atom is -0.481 e. The summed E-state index contributed by atoms with van der Waals surface area (Å²) in [6.45, 7) is 0.253. The second kappa shape index (κ2) is 4.51. The molecule has 1 aromatic rings. The van der Waals surface area contributed by atoms with Crippen molar-refractivity contribution in [2.24, 2.45) is 5.41 Å². The number of carboxylic acid groups (broad SMARTS) is 1. The van der Waals surface area contributed by atoms with E-state index in [0.29, 0.717) is 0 Å². The standard InChI is InChI=1S/C15H17NO4/c17-12(18)6-14-8-15(9-14,10-14)16-13(19)20-7-11-4-2-1-3-5-11/h1-5H,6-10H2,(H,16,19)(H,17,18). The average molecular weight is 275 g/mol. The van der Waals surface area contributed by atoms with Crippen LogP contribution in [-0.2, 0) is 16.1 Å². The highest BCUT2D eigenvalue weighted by Gasteiger charge is 2.69. The molecule has 3 aliphatic rings. The maximum Gasteiger partial charge on any atom is 0.407 e. The maximum absolute atomic E-state index is 11.7. The van der Waals surface area contributed by atoms with Crippen molar-refractivity contribution in [3.8, 4) is 0 Å². The van der Waals surface area contributed by atoms with Gasteiger partial charge in [0.05, 0.1) is 6.42 Å². The summed E-state index contributed by atoms with van der Waals surface area (Å²) in [5, 5.41) is 11.7. The first-order valence-corrected chi connectivity index (χ1v) is 6.72. The minimum atomic E-state index is -0.759. The molecule has 3 aliphatic carbocycles. The molecule has 2 bridgehead atoms. The Morgan fingerprint density at radius 1 is 1.20 bits per heavy atom. The number of amides is 1. The number of hydrogen-bond donors (Lipinski definition) is 2. The Balaban J connectivity index is 1.42. The quantitative estimate of drug-likeness (QED) is 0.864. The van der Waals surface area contributed by atoms with E-state index >= 15 is 0 Å². The summed E-state index contributed by atoms with van der Waals surface area (Å²) in [6.07, 6.45) is 2.05.